The van der Waals surface area contributed by atoms with E-state index in [-0.39, 0.29) is 24.2 Å². The summed E-state index contributed by atoms with van der Waals surface area (Å²) in [6, 6.07) is -3.65. The first kappa shape index (κ1) is 34.7. The third-order valence-corrected chi connectivity index (χ3v) is 7.00. The number of carbonyl (C=O) groups is 5. The summed E-state index contributed by atoms with van der Waals surface area (Å²) in [5.74, 6) is -2.96. The van der Waals surface area contributed by atoms with E-state index < -0.39 is 60.3 Å². The van der Waals surface area contributed by atoms with Crippen molar-refractivity contribution >= 4 is 41.4 Å². The van der Waals surface area contributed by atoms with Crippen LogP contribution in [0.5, 0.6) is 0 Å². The summed E-state index contributed by atoms with van der Waals surface area (Å²) >= 11 is 1.47. The van der Waals surface area contributed by atoms with Crippen LogP contribution in [-0.4, -0.2) is 77.4 Å². The molecule has 37 heavy (non-hydrogen) atoms. The smallest absolute Gasteiger partial charge is 0.326 e. The van der Waals surface area contributed by atoms with Gasteiger partial charge in [0.1, 0.15) is 18.1 Å². The van der Waals surface area contributed by atoms with Crippen molar-refractivity contribution < 1.29 is 29.1 Å². The molecule has 0 saturated carbocycles. The Morgan fingerprint density at radius 2 is 1.43 bits per heavy atom. The molecule has 0 bridgehead atoms. The van der Waals surface area contributed by atoms with E-state index in [1.165, 1.54) is 11.8 Å². The van der Waals surface area contributed by atoms with Gasteiger partial charge in [0.25, 0.3) is 0 Å². The Morgan fingerprint density at radius 1 is 0.838 bits per heavy atom. The second kappa shape index (κ2) is 18.0. The SMILES string of the molecule is CC[C@@H](C)[C@@H](NC(=O)[C@@H](N)[C@@H](C)CC)C(=O)NCC(=O)N[C@@H](CC(C)C)C(=O)N[C@@H](CCSC)C(=O)O. The van der Waals surface area contributed by atoms with Crippen molar-refractivity contribution in [2.24, 2.45) is 23.5 Å². The van der Waals surface area contributed by atoms with Gasteiger partial charge in [-0.25, -0.2) is 4.79 Å². The Kier molecular flexibility index (Phi) is 16.9. The number of hydrogen-bond acceptors (Lipinski definition) is 7. The molecule has 214 valence electrons. The van der Waals surface area contributed by atoms with E-state index in [1.807, 2.05) is 47.8 Å². The zero-order valence-corrected chi connectivity index (χ0v) is 24.1. The van der Waals surface area contributed by atoms with E-state index in [0.29, 0.717) is 25.0 Å². The van der Waals surface area contributed by atoms with Crippen LogP contribution in [0.4, 0.5) is 0 Å². The second-order valence-corrected chi connectivity index (χ2v) is 10.9. The van der Waals surface area contributed by atoms with Crippen LogP contribution in [0.15, 0.2) is 0 Å². The normalized spacial score (nSPS) is 16.0. The monoisotopic (exact) mass is 545 g/mol. The Bertz CT molecular complexity index is 766. The molecule has 0 aromatic heterocycles. The maximum Gasteiger partial charge on any atom is 0.326 e. The van der Waals surface area contributed by atoms with Gasteiger partial charge in [0.2, 0.25) is 23.6 Å². The summed E-state index contributed by atoms with van der Waals surface area (Å²) in [5, 5.41) is 19.7. The molecule has 0 heterocycles. The highest BCUT2D eigenvalue weighted by molar-refractivity contribution is 7.98. The molecule has 0 aliphatic rings. The quantitative estimate of drug-likeness (QED) is 0.147. The van der Waals surface area contributed by atoms with E-state index in [2.05, 4.69) is 21.3 Å². The Balaban J connectivity index is 5.25. The first-order valence-electron chi connectivity index (χ1n) is 12.9. The van der Waals surface area contributed by atoms with Crippen molar-refractivity contribution in [1.82, 2.24) is 21.3 Å². The van der Waals surface area contributed by atoms with Gasteiger partial charge in [-0.1, -0.05) is 54.4 Å². The maximum atomic E-state index is 12.9. The van der Waals surface area contributed by atoms with Gasteiger partial charge < -0.3 is 32.1 Å². The van der Waals surface area contributed by atoms with Gasteiger partial charge in [-0.2, -0.15) is 11.8 Å². The molecule has 0 radical (unpaired) electrons. The molecule has 0 aromatic rings. The van der Waals surface area contributed by atoms with Gasteiger partial charge in [-0.15, -0.1) is 0 Å². The lowest BCUT2D eigenvalue weighted by molar-refractivity contribution is -0.142. The minimum Gasteiger partial charge on any atom is -0.480 e. The summed E-state index contributed by atoms with van der Waals surface area (Å²) in [6.07, 6.45) is 3.71. The summed E-state index contributed by atoms with van der Waals surface area (Å²) in [5.41, 5.74) is 6.00. The van der Waals surface area contributed by atoms with Crippen LogP contribution >= 0.6 is 11.8 Å². The lowest BCUT2D eigenvalue weighted by Crippen LogP contribution is -2.57. The van der Waals surface area contributed by atoms with Crippen LogP contribution in [0.25, 0.3) is 0 Å². The number of rotatable bonds is 18. The van der Waals surface area contributed by atoms with Crippen LogP contribution in [-0.2, 0) is 24.0 Å². The van der Waals surface area contributed by atoms with E-state index >= 15 is 0 Å². The Morgan fingerprint density at radius 3 is 1.92 bits per heavy atom. The third-order valence-electron chi connectivity index (χ3n) is 6.36. The zero-order valence-electron chi connectivity index (χ0n) is 23.3. The number of carboxylic acid groups (broad SMARTS) is 1. The molecule has 6 atom stereocenters. The van der Waals surface area contributed by atoms with Crippen LogP contribution in [0, 0.1) is 17.8 Å². The second-order valence-electron chi connectivity index (χ2n) is 9.93. The molecule has 0 unspecified atom stereocenters. The lowest BCUT2D eigenvalue weighted by Gasteiger charge is -2.27. The summed E-state index contributed by atoms with van der Waals surface area (Å²) in [6.45, 7) is 10.8. The molecular weight excluding hydrogens is 498 g/mol. The van der Waals surface area contributed by atoms with Crippen LogP contribution < -0.4 is 27.0 Å². The average molecular weight is 546 g/mol. The predicted octanol–water partition coefficient (Wildman–Crippen LogP) is 0.860. The molecule has 11 nitrogen and oxygen atoms in total. The van der Waals surface area contributed by atoms with Gasteiger partial charge in [-0.05, 0) is 42.6 Å². The topological polar surface area (TPSA) is 180 Å². The largest absolute Gasteiger partial charge is 0.480 e. The zero-order chi connectivity index (χ0) is 28.7. The van der Waals surface area contributed by atoms with Crippen LogP contribution in [0.2, 0.25) is 0 Å². The fourth-order valence-electron chi connectivity index (χ4n) is 3.45. The molecular formula is C25H47N5O6S. The van der Waals surface area contributed by atoms with Crippen molar-refractivity contribution in [1.29, 1.82) is 0 Å². The summed E-state index contributed by atoms with van der Waals surface area (Å²) in [4.78, 5) is 62.3. The minimum atomic E-state index is -1.14. The minimum absolute atomic E-state index is 0.0415. The average Bonchev–Trinajstić information content (AvgIpc) is 2.85. The summed E-state index contributed by atoms with van der Waals surface area (Å²) in [7, 11) is 0. The van der Waals surface area contributed by atoms with Crippen LogP contribution in [0.1, 0.15) is 67.2 Å². The van der Waals surface area contributed by atoms with Crippen molar-refractivity contribution in [3.8, 4) is 0 Å². The molecule has 0 fully saturated rings. The first-order chi connectivity index (χ1) is 17.3. The van der Waals surface area contributed by atoms with Gasteiger partial charge in [0.15, 0.2) is 0 Å². The molecule has 0 rings (SSSR count). The third kappa shape index (κ3) is 13.1. The molecule has 7 N–H and O–H groups in total. The fourth-order valence-corrected chi connectivity index (χ4v) is 3.93. The van der Waals surface area contributed by atoms with Gasteiger partial charge in [0.05, 0.1) is 12.6 Å². The first-order valence-corrected chi connectivity index (χ1v) is 14.3. The Labute approximate surface area is 225 Å². The standard InChI is InChI=1S/C25H47N5O6S/c1-8-15(5)20(26)23(33)30-21(16(6)9-2)24(34)27-13-19(31)28-18(12-14(3)4)22(32)29-17(25(35)36)10-11-37-7/h14-18,20-21H,8-13,26H2,1-7H3,(H,27,34)(H,28,31)(H,29,32)(H,30,33)(H,35,36)/t15-,16+,17-,18-,20-,21+/m0/s1. The summed E-state index contributed by atoms with van der Waals surface area (Å²) < 4.78 is 0. The van der Waals surface area contributed by atoms with Gasteiger partial charge in [-0.3, -0.25) is 19.2 Å². The molecule has 0 aliphatic carbocycles. The van der Waals surface area contributed by atoms with E-state index in [1.54, 1.807) is 0 Å². The number of nitrogens with two attached hydrogens (primary N) is 1. The molecule has 0 spiro atoms. The fraction of sp³-hybridized carbons (Fsp3) is 0.800. The number of amides is 4. The predicted molar refractivity (Wildman–Crippen MR) is 146 cm³/mol. The van der Waals surface area contributed by atoms with Crippen molar-refractivity contribution in [2.75, 3.05) is 18.6 Å². The number of nitrogens with one attached hydrogen (secondary N) is 4. The van der Waals surface area contributed by atoms with E-state index in [9.17, 15) is 29.1 Å². The Hall–Kier alpha value is -2.34. The number of hydrogen-bond donors (Lipinski definition) is 6. The van der Waals surface area contributed by atoms with Crippen LogP contribution in [0.3, 0.4) is 0 Å². The number of aliphatic carboxylic acids is 1. The van der Waals surface area contributed by atoms with Gasteiger partial charge >= 0.3 is 5.97 Å². The number of carbonyl (C=O) groups excluding carboxylic acids is 4. The number of thioether (sulfide) groups is 1. The molecule has 12 heteroatoms. The molecule has 0 saturated heterocycles. The highest BCUT2D eigenvalue weighted by Gasteiger charge is 2.30. The highest BCUT2D eigenvalue weighted by Crippen LogP contribution is 2.11. The molecule has 0 aromatic carbocycles. The van der Waals surface area contributed by atoms with Crippen molar-refractivity contribution in [3.05, 3.63) is 0 Å². The van der Waals surface area contributed by atoms with Crippen molar-refractivity contribution in [2.45, 2.75) is 91.4 Å². The van der Waals surface area contributed by atoms with Gasteiger partial charge in [0, 0.05) is 0 Å². The maximum absolute atomic E-state index is 12.9. The van der Waals surface area contributed by atoms with E-state index in [0.717, 1.165) is 0 Å². The van der Waals surface area contributed by atoms with E-state index in [4.69, 9.17) is 5.73 Å². The molecule has 0 aliphatic heterocycles. The number of carboxylic acids is 1. The van der Waals surface area contributed by atoms with Crippen molar-refractivity contribution in [3.63, 3.8) is 0 Å². The lowest BCUT2D eigenvalue weighted by atomic mass is 9.95. The highest BCUT2D eigenvalue weighted by atomic mass is 32.2. The molecule has 4 amide bonds.